The van der Waals surface area contributed by atoms with E-state index >= 15 is 0 Å². The third-order valence-electron chi connectivity index (χ3n) is 4.59. The van der Waals surface area contributed by atoms with E-state index in [2.05, 4.69) is 17.4 Å². The summed E-state index contributed by atoms with van der Waals surface area (Å²) in [6.45, 7) is 2.26. The minimum absolute atomic E-state index is 0.259. The van der Waals surface area contributed by atoms with E-state index in [0.717, 1.165) is 21.6 Å². The van der Waals surface area contributed by atoms with Crippen LogP contribution in [0.1, 0.15) is 16.7 Å². The Labute approximate surface area is 174 Å². The molecule has 0 atom stereocenters. The highest BCUT2D eigenvalue weighted by molar-refractivity contribution is 7.99. The Balaban J connectivity index is 1.46. The van der Waals surface area contributed by atoms with E-state index in [4.69, 9.17) is 0 Å². The molecule has 3 amide bonds. The largest absolute Gasteiger partial charge is 0.329 e. The minimum Gasteiger partial charge on any atom is -0.303 e. The van der Waals surface area contributed by atoms with Gasteiger partial charge in [0, 0.05) is 9.79 Å². The van der Waals surface area contributed by atoms with Gasteiger partial charge in [-0.3, -0.25) is 9.69 Å². The Bertz CT molecular complexity index is 1060. The van der Waals surface area contributed by atoms with Crippen LogP contribution in [-0.2, 0) is 11.3 Å². The van der Waals surface area contributed by atoms with E-state index in [-0.39, 0.29) is 12.5 Å². The van der Waals surface area contributed by atoms with Crippen LogP contribution < -0.4 is 5.32 Å². The van der Waals surface area contributed by atoms with Crippen LogP contribution in [0.4, 0.5) is 4.79 Å². The van der Waals surface area contributed by atoms with Crippen LogP contribution in [0, 0.1) is 6.92 Å². The molecule has 144 valence electrons. The lowest BCUT2D eigenvalue weighted by molar-refractivity contribution is -0.123. The topological polar surface area (TPSA) is 49.4 Å². The molecule has 3 aromatic carbocycles. The standard InChI is InChI=1S/C24H20N2O2S/c1-17-7-9-19(10-8-17)16-26-23(27)22(25-24(26)28)15-18-11-13-21(14-12-18)29-20-5-3-2-4-6-20/h2-15H,16H2,1H3,(H,25,28)/b22-15+. The lowest BCUT2D eigenvalue weighted by Gasteiger charge is -2.11. The number of imide groups is 1. The highest BCUT2D eigenvalue weighted by Crippen LogP contribution is 2.28. The van der Waals surface area contributed by atoms with Crippen LogP contribution in [0.2, 0.25) is 0 Å². The number of urea groups is 1. The first-order valence-electron chi connectivity index (χ1n) is 9.31. The van der Waals surface area contributed by atoms with E-state index in [9.17, 15) is 9.59 Å². The van der Waals surface area contributed by atoms with E-state index in [1.807, 2.05) is 73.7 Å². The number of rotatable bonds is 5. The van der Waals surface area contributed by atoms with Gasteiger partial charge in [-0.1, -0.05) is 71.9 Å². The normalized spacial score (nSPS) is 15.1. The van der Waals surface area contributed by atoms with Crippen LogP contribution in [0.3, 0.4) is 0 Å². The maximum Gasteiger partial charge on any atom is 0.329 e. The molecule has 0 bridgehead atoms. The van der Waals surface area contributed by atoms with Gasteiger partial charge in [-0.2, -0.15) is 0 Å². The third kappa shape index (κ3) is 4.58. The molecular weight excluding hydrogens is 380 g/mol. The van der Waals surface area contributed by atoms with Crippen molar-refractivity contribution in [1.82, 2.24) is 10.2 Å². The molecule has 4 nitrogen and oxygen atoms in total. The number of hydrogen-bond acceptors (Lipinski definition) is 3. The lowest BCUT2D eigenvalue weighted by atomic mass is 10.1. The number of amides is 3. The summed E-state index contributed by atoms with van der Waals surface area (Å²) in [6, 6.07) is 25.5. The molecule has 0 unspecified atom stereocenters. The van der Waals surface area contributed by atoms with Gasteiger partial charge in [0.15, 0.2) is 0 Å². The van der Waals surface area contributed by atoms with E-state index in [0.29, 0.717) is 5.70 Å². The summed E-state index contributed by atoms with van der Waals surface area (Å²) in [5, 5.41) is 2.68. The van der Waals surface area contributed by atoms with E-state index in [1.165, 1.54) is 9.80 Å². The van der Waals surface area contributed by atoms with E-state index < -0.39 is 6.03 Å². The first-order valence-corrected chi connectivity index (χ1v) is 10.1. The van der Waals surface area contributed by atoms with Crippen LogP contribution in [0.5, 0.6) is 0 Å². The zero-order valence-electron chi connectivity index (χ0n) is 16.0. The maximum absolute atomic E-state index is 12.7. The fraction of sp³-hybridized carbons (Fsp3) is 0.0833. The number of hydrogen-bond donors (Lipinski definition) is 1. The van der Waals surface area contributed by atoms with Gasteiger partial charge in [0.1, 0.15) is 5.70 Å². The van der Waals surface area contributed by atoms with Gasteiger partial charge < -0.3 is 5.32 Å². The molecule has 1 saturated heterocycles. The predicted molar refractivity (Wildman–Crippen MR) is 115 cm³/mol. The average molecular weight is 401 g/mol. The van der Waals surface area contributed by atoms with Crippen LogP contribution in [0.25, 0.3) is 6.08 Å². The fourth-order valence-electron chi connectivity index (χ4n) is 3.01. The van der Waals surface area contributed by atoms with Gasteiger partial charge in [0.05, 0.1) is 6.54 Å². The molecule has 1 heterocycles. The molecule has 0 saturated carbocycles. The Hall–Kier alpha value is -3.31. The Morgan fingerprint density at radius 1 is 0.862 bits per heavy atom. The maximum atomic E-state index is 12.7. The molecular formula is C24H20N2O2S. The van der Waals surface area contributed by atoms with Crippen molar-refractivity contribution >= 4 is 29.8 Å². The molecule has 29 heavy (non-hydrogen) atoms. The summed E-state index contributed by atoms with van der Waals surface area (Å²) < 4.78 is 0. The molecule has 1 aliphatic heterocycles. The SMILES string of the molecule is Cc1ccc(CN2C(=O)N/C(=C/c3ccc(Sc4ccccc4)cc3)C2=O)cc1. The molecule has 0 aromatic heterocycles. The number of carbonyl (C=O) groups is 2. The molecule has 0 spiro atoms. The van der Waals surface area contributed by atoms with Gasteiger partial charge in [0.25, 0.3) is 5.91 Å². The minimum atomic E-state index is -0.391. The number of benzene rings is 3. The van der Waals surface area contributed by atoms with Gasteiger partial charge in [-0.15, -0.1) is 0 Å². The Morgan fingerprint density at radius 2 is 1.52 bits per heavy atom. The average Bonchev–Trinajstić information content (AvgIpc) is 2.99. The predicted octanol–water partition coefficient (Wildman–Crippen LogP) is 5.24. The smallest absolute Gasteiger partial charge is 0.303 e. The van der Waals surface area contributed by atoms with Crippen molar-refractivity contribution < 1.29 is 9.59 Å². The second-order valence-corrected chi connectivity index (χ2v) is 8.00. The van der Waals surface area contributed by atoms with Crippen molar-refractivity contribution in [3.05, 3.63) is 101 Å². The molecule has 0 radical (unpaired) electrons. The summed E-state index contributed by atoms with van der Waals surface area (Å²) in [7, 11) is 0. The second kappa shape index (κ2) is 8.37. The number of nitrogens with one attached hydrogen (secondary N) is 1. The Morgan fingerprint density at radius 3 is 2.21 bits per heavy atom. The molecule has 1 N–H and O–H groups in total. The van der Waals surface area contributed by atoms with Crippen molar-refractivity contribution in [1.29, 1.82) is 0 Å². The summed E-state index contributed by atoms with van der Waals surface area (Å²) in [6.07, 6.45) is 1.71. The van der Waals surface area contributed by atoms with Crippen molar-refractivity contribution in [2.24, 2.45) is 0 Å². The Kier molecular flexibility index (Phi) is 5.49. The first-order chi connectivity index (χ1) is 14.1. The highest BCUT2D eigenvalue weighted by atomic mass is 32.2. The summed E-state index contributed by atoms with van der Waals surface area (Å²) in [5.74, 6) is -0.307. The zero-order valence-corrected chi connectivity index (χ0v) is 16.8. The molecule has 0 aliphatic carbocycles. The highest BCUT2D eigenvalue weighted by Gasteiger charge is 2.33. The van der Waals surface area contributed by atoms with Crippen molar-refractivity contribution in [2.75, 3.05) is 0 Å². The number of aryl methyl sites for hydroxylation is 1. The van der Waals surface area contributed by atoms with E-state index in [1.54, 1.807) is 17.8 Å². The van der Waals surface area contributed by atoms with Crippen LogP contribution >= 0.6 is 11.8 Å². The van der Waals surface area contributed by atoms with Gasteiger partial charge >= 0.3 is 6.03 Å². The van der Waals surface area contributed by atoms with Gasteiger partial charge in [-0.25, -0.2) is 4.79 Å². The lowest BCUT2D eigenvalue weighted by Crippen LogP contribution is -2.30. The molecule has 3 aromatic rings. The number of carbonyl (C=O) groups excluding carboxylic acids is 2. The zero-order chi connectivity index (χ0) is 20.2. The van der Waals surface area contributed by atoms with Crippen LogP contribution in [0.15, 0.2) is 94.4 Å². The third-order valence-corrected chi connectivity index (χ3v) is 5.61. The van der Waals surface area contributed by atoms with Gasteiger partial charge in [0.2, 0.25) is 0 Å². The molecule has 1 fully saturated rings. The summed E-state index contributed by atoms with van der Waals surface area (Å²) in [4.78, 5) is 28.4. The molecule has 5 heteroatoms. The number of nitrogens with zero attached hydrogens (tertiary/aromatic N) is 1. The second-order valence-electron chi connectivity index (χ2n) is 6.85. The van der Waals surface area contributed by atoms with Crippen molar-refractivity contribution in [3.63, 3.8) is 0 Å². The van der Waals surface area contributed by atoms with Crippen molar-refractivity contribution in [3.8, 4) is 0 Å². The molecule has 1 aliphatic rings. The van der Waals surface area contributed by atoms with Crippen molar-refractivity contribution in [2.45, 2.75) is 23.3 Å². The quantitative estimate of drug-likeness (QED) is 0.471. The monoisotopic (exact) mass is 400 g/mol. The summed E-state index contributed by atoms with van der Waals surface area (Å²) in [5.41, 5.74) is 3.22. The van der Waals surface area contributed by atoms with Crippen LogP contribution in [-0.4, -0.2) is 16.8 Å². The van der Waals surface area contributed by atoms with Gasteiger partial charge in [-0.05, 0) is 48.4 Å². The molecule has 4 rings (SSSR count). The first kappa shape index (κ1) is 19.0. The fourth-order valence-corrected chi connectivity index (χ4v) is 3.85. The summed E-state index contributed by atoms with van der Waals surface area (Å²) >= 11 is 1.68.